The first kappa shape index (κ1) is 16.1. The van der Waals surface area contributed by atoms with Crippen LogP contribution in [-0.4, -0.2) is 8.42 Å². The van der Waals surface area contributed by atoms with E-state index in [4.69, 9.17) is 17.3 Å². The Morgan fingerprint density at radius 2 is 1.86 bits per heavy atom. The van der Waals surface area contributed by atoms with Crippen molar-refractivity contribution in [2.45, 2.75) is 18.7 Å². The van der Waals surface area contributed by atoms with E-state index >= 15 is 0 Å². The van der Waals surface area contributed by atoms with Gasteiger partial charge in [0.2, 0.25) is 0 Å². The molecule has 0 aliphatic rings. The largest absolute Gasteiger partial charge is 0.398 e. The van der Waals surface area contributed by atoms with Crippen LogP contribution in [0.4, 0.5) is 11.4 Å². The Hall–Kier alpha value is -1.24. The Balaban J connectivity index is 2.54. The number of nitrogens with one attached hydrogen (secondary N) is 1. The van der Waals surface area contributed by atoms with E-state index in [0.29, 0.717) is 32.0 Å². The zero-order valence-corrected chi connectivity index (χ0v) is 14.6. The van der Waals surface area contributed by atoms with Crippen LogP contribution >= 0.6 is 27.5 Å². The van der Waals surface area contributed by atoms with Crippen molar-refractivity contribution in [2.24, 2.45) is 0 Å². The van der Waals surface area contributed by atoms with E-state index in [1.165, 1.54) is 0 Å². The summed E-state index contributed by atoms with van der Waals surface area (Å²) in [4.78, 5) is 0.189. The van der Waals surface area contributed by atoms with Crippen molar-refractivity contribution in [2.75, 3.05) is 10.5 Å². The van der Waals surface area contributed by atoms with E-state index in [0.717, 1.165) is 0 Å². The van der Waals surface area contributed by atoms with Crippen LogP contribution in [0, 0.1) is 13.8 Å². The summed E-state index contributed by atoms with van der Waals surface area (Å²) in [6.45, 7) is 3.41. The van der Waals surface area contributed by atoms with Gasteiger partial charge in [-0.25, -0.2) is 8.42 Å². The van der Waals surface area contributed by atoms with Crippen molar-refractivity contribution in [3.05, 3.63) is 51.0 Å². The lowest BCUT2D eigenvalue weighted by Gasteiger charge is -2.15. The number of halogens is 2. The minimum Gasteiger partial charge on any atom is -0.398 e. The maximum atomic E-state index is 12.6. The quantitative estimate of drug-likeness (QED) is 0.776. The summed E-state index contributed by atoms with van der Waals surface area (Å²) in [5, 5.41) is 0.442. The van der Waals surface area contributed by atoms with Gasteiger partial charge < -0.3 is 5.73 Å². The predicted molar refractivity (Wildman–Crippen MR) is 90.3 cm³/mol. The third-order valence-corrected chi connectivity index (χ3v) is 5.67. The number of nitrogen functional groups attached to an aromatic ring is 1. The second-order valence-electron chi connectivity index (χ2n) is 4.66. The summed E-state index contributed by atoms with van der Waals surface area (Å²) in [7, 11) is -3.76. The lowest BCUT2D eigenvalue weighted by Crippen LogP contribution is -2.16. The van der Waals surface area contributed by atoms with Gasteiger partial charge in [-0.3, -0.25) is 4.72 Å². The molecule has 3 N–H and O–H groups in total. The van der Waals surface area contributed by atoms with E-state index in [-0.39, 0.29) is 4.90 Å². The highest BCUT2D eigenvalue weighted by atomic mass is 79.9. The van der Waals surface area contributed by atoms with Gasteiger partial charge >= 0.3 is 0 Å². The summed E-state index contributed by atoms with van der Waals surface area (Å²) in [5.41, 5.74) is 7.79. The van der Waals surface area contributed by atoms with Crippen LogP contribution in [0.25, 0.3) is 0 Å². The zero-order valence-electron chi connectivity index (χ0n) is 11.4. The van der Waals surface area contributed by atoms with Gasteiger partial charge in [-0.05, 0) is 65.2 Å². The summed E-state index contributed by atoms with van der Waals surface area (Å²) >= 11 is 9.20. The first-order valence-electron chi connectivity index (χ1n) is 6.06. The molecule has 7 heteroatoms. The lowest BCUT2D eigenvalue weighted by molar-refractivity contribution is 0.600. The third kappa shape index (κ3) is 3.33. The molecule has 4 nitrogen and oxygen atoms in total. The highest BCUT2D eigenvalue weighted by molar-refractivity contribution is 9.10. The Bertz CT molecular complexity index is 807. The number of aryl methyl sites for hydroxylation is 1. The van der Waals surface area contributed by atoms with Gasteiger partial charge in [0.1, 0.15) is 0 Å². The average Bonchev–Trinajstić information content (AvgIpc) is 2.38. The SMILES string of the molecule is Cc1ccc(N)c(C)c1S(=O)(=O)Nc1cc(Cl)ccc1Br. The number of benzene rings is 2. The van der Waals surface area contributed by atoms with Crippen LogP contribution in [0.15, 0.2) is 39.7 Å². The van der Waals surface area contributed by atoms with Crippen LogP contribution in [0.3, 0.4) is 0 Å². The summed E-state index contributed by atoms with van der Waals surface area (Å²) in [5.74, 6) is 0. The van der Waals surface area contributed by atoms with Gasteiger partial charge in [0.05, 0.1) is 10.6 Å². The van der Waals surface area contributed by atoms with Crippen molar-refractivity contribution in [3.8, 4) is 0 Å². The number of rotatable bonds is 3. The maximum absolute atomic E-state index is 12.6. The molecule has 0 heterocycles. The normalized spacial score (nSPS) is 11.4. The number of anilines is 2. The first-order valence-corrected chi connectivity index (χ1v) is 8.71. The Labute approximate surface area is 137 Å². The molecule has 0 saturated heterocycles. The van der Waals surface area contributed by atoms with Gasteiger partial charge in [0, 0.05) is 15.2 Å². The van der Waals surface area contributed by atoms with E-state index in [1.54, 1.807) is 44.2 Å². The van der Waals surface area contributed by atoms with Gasteiger partial charge in [-0.2, -0.15) is 0 Å². The Kier molecular flexibility index (Phi) is 4.51. The van der Waals surface area contributed by atoms with Gasteiger partial charge in [-0.15, -0.1) is 0 Å². The predicted octanol–water partition coefficient (Wildman–Crippen LogP) is 4.10. The molecule has 0 spiro atoms. The van der Waals surface area contributed by atoms with Crippen LogP contribution in [0.5, 0.6) is 0 Å². The molecule has 0 bridgehead atoms. The molecule has 112 valence electrons. The van der Waals surface area contributed by atoms with E-state index < -0.39 is 10.0 Å². The van der Waals surface area contributed by atoms with Crippen molar-refractivity contribution >= 4 is 48.9 Å². The van der Waals surface area contributed by atoms with Crippen molar-refractivity contribution in [1.82, 2.24) is 0 Å². The topological polar surface area (TPSA) is 72.2 Å². The van der Waals surface area contributed by atoms with Crippen LogP contribution < -0.4 is 10.5 Å². The minimum absolute atomic E-state index is 0.189. The second-order valence-corrected chi connectivity index (χ2v) is 7.57. The molecule has 0 atom stereocenters. The molecule has 0 amide bonds. The van der Waals surface area contributed by atoms with Crippen molar-refractivity contribution in [1.29, 1.82) is 0 Å². The number of hydrogen-bond donors (Lipinski definition) is 2. The molecule has 0 aliphatic heterocycles. The first-order chi connectivity index (χ1) is 9.72. The number of hydrogen-bond acceptors (Lipinski definition) is 3. The van der Waals surface area contributed by atoms with Crippen LogP contribution in [-0.2, 0) is 10.0 Å². The maximum Gasteiger partial charge on any atom is 0.262 e. The second kappa shape index (κ2) is 5.87. The highest BCUT2D eigenvalue weighted by Crippen LogP contribution is 2.31. The molecule has 0 fully saturated rings. The fourth-order valence-corrected chi connectivity index (χ4v) is 4.25. The molecular formula is C14H14BrClN2O2S. The number of nitrogens with two attached hydrogens (primary N) is 1. The fraction of sp³-hybridized carbons (Fsp3) is 0.143. The Morgan fingerprint density at radius 3 is 2.52 bits per heavy atom. The molecule has 0 aromatic heterocycles. The third-order valence-electron chi connectivity index (χ3n) is 3.09. The molecular weight excluding hydrogens is 376 g/mol. The van der Waals surface area contributed by atoms with Crippen LogP contribution in [0.1, 0.15) is 11.1 Å². The molecule has 2 rings (SSSR count). The monoisotopic (exact) mass is 388 g/mol. The van der Waals surface area contributed by atoms with Crippen molar-refractivity contribution < 1.29 is 8.42 Å². The molecule has 21 heavy (non-hydrogen) atoms. The molecule has 0 saturated carbocycles. The Morgan fingerprint density at radius 1 is 1.19 bits per heavy atom. The van der Waals surface area contributed by atoms with E-state index in [2.05, 4.69) is 20.7 Å². The summed E-state index contributed by atoms with van der Waals surface area (Å²) in [6.07, 6.45) is 0. The summed E-state index contributed by atoms with van der Waals surface area (Å²) < 4.78 is 28.4. The zero-order chi connectivity index (χ0) is 15.8. The molecule has 2 aromatic rings. The fourth-order valence-electron chi connectivity index (χ4n) is 2.03. The standard InChI is InChI=1S/C14H14BrClN2O2S/c1-8-3-6-12(17)9(2)14(8)21(19,20)18-13-7-10(16)4-5-11(13)15/h3-7,18H,17H2,1-2H3. The van der Waals surface area contributed by atoms with Gasteiger partial charge in [0.25, 0.3) is 10.0 Å². The molecule has 0 radical (unpaired) electrons. The molecule has 2 aromatic carbocycles. The average molecular weight is 390 g/mol. The smallest absolute Gasteiger partial charge is 0.262 e. The molecule has 0 unspecified atom stereocenters. The van der Waals surface area contributed by atoms with Crippen LogP contribution in [0.2, 0.25) is 5.02 Å². The molecule has 0 aliphatic carbocycles. The lowest BCUT2D eigenvalue weighted by atomic mass is 10.1. The van der Waals surface area contributed by atoms with E-state index in [1.807, 2.05) is 0 Å². The van der Waals surface area contributed by atoms with E-state index in [9.17, 15) is 8.42 Å². The van der Waals surface area contributed by atoms with Gasteiger partial charge in [-0.1, -0.05) is 17.7 Å². The highest BCUT2D eigenvalue weighted by Gasteiger charge is 2.21. The van der Waals surface area contributed by atoms with Gasteiger partial charge in [0.15, 0.2) is 0 Å². The minimum atomic E-state index is -3.76. The number of sulfonamides is 1. The summed E-state index contributed by atoms with van der Waals surface area (Å²) in [6, 6.07) is 8.27. The van der Waals surface area contributed by atoms with Crippen molar-refractivity contribution in [3.63, 3.8) is 0 Å².